The van der Waals surface area contributed by atoms with Gasteiger partial charge in [0.1, 0.15) is 5.60 Å². The molecule has 1 fully saturated rings. The van der Waals surface area contributed by atoms with Crippen LogP contribution in [0, 0.1) is 12.5 Å². The van der Waals surface area contributed by atoms with E-state index in [9.17, 15) is 4.79 Å². The predicted octanol–water partition coefficient (Wildman–Crippen LogP) is 2.99. The second-order valence-electron chi connectivity index (χ2n) is 5.62. The van der Waals surface area contributed by atoms with E-state index in [1.54, 1.807) is 0 Å². The van der Waals surface area contributed by atoms with Gasteiger partial charge in [0.15, 0.2) is 0 Å². The van der Waals surface area contributed by atoms with Crippen molar-refractivity contribution in [2.75, 3.05) is 6.54 Å². The molecule has 4 heteroatoms. The topological polar surface area (TPSA) is 42.7 Å². The van der Waals surface area contributed by atoms with Crippen LogP contribution in [-0.2, 0) is 4.74 Å². The van der Waals surface area contributed by atoms with Gasteiger partial charge in [-0.15, -0.1) is 0 Å². The largest absolute Gasteiger partial charge is 0.444 e. The monoisotopic (exact) mass is 238 g/mol. The van der Waals surface area contributed by atoms with E-state index in [4.69, 9.17) is 11.3 Å². The molecular formula is C13H22N2O2. The summed E-state index contributed by atoms with van der Waals surface area (Å²) in [6, 6.07) is -0.0926. The summed E-state index contributed by atoms with van der Waals surface area (Å²) in [7, 11) is 0. The Morgan fingerprint density at radius 1 is 1.47 bits per heavy atom. The predicted molar refractivity (Wildman–Crippen MR) is 66.6 cm³/mol. The summed E-state index contributed by atoms with van der Waals surface area (Å²) in [5.41, 5.74) is -0.481. The minimum atomic E-state index is -0.481. The maximum atomic E-state index is 11.5. The molecular weight excluding hydrogens is 216 g/mol. The summed E-state index contributed by atoms with van der Waals surface area (Å²) >= 11 is 0. The van der Waals surface area contributed by atoms with Gasteiger partial charge in [-0.3, -0.25) is 0 Å². The molecule has 0 aromatic heterocycles. The van der Waals surface area contributed by atoms with Crippen molar-refractivity contribution in [3.63, 3.8) is 0 Å². The van der Waals surface area contributed by atoms with Crippen LogP contribution in [0.4, 0.5) is 4.79 Å². The number of ether oxygens (including phenoxy) is 1. The van der Waals surface area contributed by atoms with E-state index in [1.165, 1.54) is 12.8 Å². The molecule has 0 aliphatic heterocycles. The van der Waals surface area contributed by atoms with Gasteiger partial charge in [0.25, 0.3) is 0 Å². The fraction of sp³-hybridized carbons (Fsp3) is 0.846. The lowest BCUT2D eigenvalue weighted by Crippen LogP contribution is -2.37. The van der Waals surface area contributed by atoms with Crippen molar-refractivity contribution in [3.8, 4) is 0 Å². The van der Waals surface area contributed by atoms with E-state index in [1.807, 2.05) is 20.8 Å². The first-order valence-electron chi connectivity index (χ1n) is 6.26. The van der Waals surface area contributed by atoms with Crippen LogP contribution in [-0.4, -0.2) is 24.3 Å². The van der Waals surface area contributed by atoms with Crippen molar-refractivity contribution < 1.29 is 9.53 Å². The maximum Gasteiger partial charge on any atom is 0.407 e. The number of carbonyl (C=O) groups is 1. The Balaban J connectivity index is 2.33. The molecule has 1 aliphatic carbocycles. The fourth-order valence-electron chi connectivity index (χ4n) is 2.16. The molecule has 1 unspecified atom stereocenters. The van der Waals surface area contributed by atoms with E-state index in [-0.39, 0.29) is 6.04 Å². The van der Waals surface area contributed by atoms with E-state index in [0.717, 1.165) is 12.8 Å². The number of hydrogen-bond donors (Lipinski definition) is 1. The van der Waals surface area contributed by atoms with Crippen LogP contribution < -0.4 is 5.32 Å². The van der Waals surface area contributed by atoms with Crippen LogP contribution in [0.25, 0.3) is 4.85 Å². The quantitative estimate of drug-likeness (QED) is 0.768. The van der Waals surface area contributed by atoms with Gasteiger partial charge in [0, 0.05) is 5.92 Å². The number of amides is 1. The third kappa shape index (κ3) is 5.08. The van der Waals surface area contributed by atoms with Gasteiger partial charge in [-0.2, -0.15) is 0 Å². The third-order valence-corrected chi connectivity index (χ3v) is 2.96. The van der Waals surface area contributed by atoms with Crippen LogP contribution in [0.1, 0.15) is 46.5 Å². The first-order valence-corrected chi connectivity index (χ1v) is 6.26. The molecule has 96 valence electrons. The van der Waals surface area contributed by atoms with Gasteiger partial charge in [0.05, 0.1) is 6.54 Å². The van der Waals surface area contributed by atoms with Crippen molar-refractivity contribution >= 4 is 6.09 Å². The second-order valence-corrected chi connectivity index (χ2v) is 5.62. The summed E-state index contributed by atoms with van der Waals surface area (Å²) < 4.78 is 5.14. The first-order chi connectivity index (χ1) is 7.92. The van der Waals surface area contributed by atoms with E-state index < -0.39 is 11.7 Å². The third-order valence-electron chi connectivity index (χ3n) is 2.96. The first kappa shape index (κ1) is 13.8. The number of nitrogens with zero attached hydrogens (tertiary/aromatic N) is 1. The normalized spacial score (nSPS) is 18.5. The highest BCUT2D eigenvalue weighted by Gasteiger charge is 2.30. The SMILES string of the molecule is [C-]#[N+]C(CNC(=O)OC(C)(C)C)C1CCCC1. The Morgan fingerprint density at radius 2 is 2.06 bits per heavy atom. The lowest BCUT2D eigenvalue weighted by molar-refractivity contribution is 0.0524. The smallest absolute Gasteiger partial charge is 0.407 e. The maximum absolute atomic E-state index is 11.5. The number of rotatable bonds is 3. The summed E-state index contributed by atoms with van der Waals surface area (Å²) in [6.07, 6.45) is 4.22. The summed E-state index contributed by atoms with van der Waals surface area (Å²) in [4.78, 5) is 15.1. The summed E-state index contributed by atoms with van der Waals surface area (Å²) in [5.74, 6) is 0.447. The van der Waals surface area contributed by atoms with Crippen LogP contribution in [0.2, 0.25) is 0 Å². The number of hydrogen-bond acceptors (Lipinski definition) is 2. The minimum Gasteiger partial charge on any atom is -0.444 e. The van der Waals surface area contributed by atoms with Crippen LogP contribution >= 0.6 is 0 Å². The molecule has 1 amide bonds. The number of alkyl carbamates (subject to hydrolysis) is 1. The number of nitrogens with one attached hydrogen (secondary N) is 1. The Morgan fingerprint density at radius 3 is 2.53 bits per heavy atom. The molecule has 0 radical (unpaired) electrons. The molecule has 1 aliphatic rings. The summed E-state index contributed by atoms with van der Waals surface area (Å²) in [5, 5.41) is 2.69. The molecule has 1 saturated carbocycles. The molecule has 0 spiro atoms. The van der Waals surface area contributed by atoms with Gasteiger partial charge in [-0.1, -0.05) is 12.8 Å². The van der Waals surface area contributed by atoms with Gasteiger partial charge >= 0.3 is 6.09 Å². The highest BCUT2D eigenvalue weighted by Crippen LogP contribution is 2.29. The van der Waals surface area contributed by atoms with Crippen molar-refractivity contribution in [3.05, 3.63) is 11.4 Å². The summed E-state index contributed by atoms with van der Waals surface area (Å²) in [6.45, 7) is 13.1. The Kier molecular flexibility index (Phi) is 4.80. The van der Waals surface area contributed by atoms with Crippen molar-refractivity contribution in [2.24, 2.45) is 5.92 Å². The average molecular weight is 238 g/mol. The number of carbonyl (C=O) groups excluding carboxylic acids is 1. The lowest BCUT2D eigenvalue weighted by Gasteiger charge is -2.20. The van der Waals surface area contributed by atoms with Gasteiger partial charge < -0.3 is 14.9 Å². The lowest BCUT2D eigenvalue weighted by atomic mass is 9.99. The molecule has 17 heavy (non-hydrogen) atoms. The van der Waals surface area contributed by atoms with E-state index >= 15 is 0 Å². The fourth-order valence-corrected chi connectivity index (χ4v) is 2.16. The van der Waals surface area contributed by atoms with Gasteiger partial charge in [0.2, 0.25) is 6.04 Å². The van der Waals surface area contributed by atoms with Crippen molar-refractivity contribution in [1.82, 2.24) is 5.32 Å². The Labute approximate surface area is 104 Å². The molecule has 0 bridgehead atoms. The van der Waals surface area contributed by atoms with Crippen molar-refractivity contribution in [1.29, 1.82) is 0 Å². The van der Waals surface area contributed by atoms with Crippen LogP contribution in [0.3, 0.4) is 0 Å². The standard InChI is InChI=1S/C13H22N2O2/c1-13(2,3)17-12(16)15-9-11(14-4)10-7-5-6-8-10/h10-11H,5-9H2,1-3H3,(H,15,16). The molecule has 1 atom stereocenters. The molecule has 0 saturated heterocycles. The second kappa shape index (κ2) is 5.90. The van der Waals surface area contributed by atoms with Gasteiger partial charge in [-0.05, 0) is 33.6 Å². The highest BCUT2D eigenvalue weighted by atomic mass is 16.6. The zero-order valence-electron chi connectivity index (χ0n) is 11.0. The van der Waals surface area contributed by atoms with E-state index in [0.29, 0.717) is 12.5 Å². The molecule has 1 rings (SSSR count). The minimum absolute atomic E-state index is 0.0926. The molecule has 4 nitrogen and oxygen atoms in total. The zero-order chi connectivity index (χ0) is 12.9. The molecule has 0 aromatic carbocycles. The van der Waals surface area contributed by atoms with Gasteiger partial charge in [-0.25, -0.2) is 11.4 Å². The zero-order valence-corrected chi connectivity index (χ0v) is 11.0. The molecule has 0 heterocycles. The van der Waals surface area contributed by atoms with E-state index in [2.05, 4.69) is 10.2 Å². The average Bonchev–Trinajstić information content (AvgIpc) is 2.69. The van der Waals surface area contributed by atoms with Crippen LogP contribution in [0.15, 0.2) is 0 Å². The molecule has 0 aromatic rings. The highest BCUT2D eigenvalue weighted by molar-refractivity contribution is 5.67. The Hall–Kier alpha value is -1.24. The van der Waals surface area contributed by atoms with Crippen LogP contribution in [0.5, 0.6) is 0 Å². The Bertz CT molecular complexity index is 296. The molecule has 1 N–H and O–H groups in total. The van der Waals surface area contributed by atoms with Crippen molar-refractivity contribution in [2.45, 2.75) is 58.1 Å².